The maximum Gasteiger partial charge on any atom is 0.226 e. The van der Waals surface area contributed by atoms with E-state index in [1.54, 1.807) is 6.33 Å². The fourth-order valence-corrected chi connectivity index (χ4v) is 7.33. The second-order valence-electron chi connectivity index (χ2n) is 13.4. The molecule has 1 aliphatic carbocycles. The number of imidazole rings is 1. The summed E-state index contributed by atoms with van der Waals surface area (Å²) in [7, 11) is 0. The third kappa shape index (κ3) is 7.80. The number of aromatic nitrogens is 4. The van der Waals surface area contributed by atoms with Crippen molar-refractivity contribution in [3.63, 3.8) is 0 Å². The van der Waals surface area contributed by atoms with Gasteiger partial charge >= 0.3 is 0 Å². The fraction of sp³-hybridized carbons (Fsp3) is 0.385. The van der Waals surface area contributed by atoms with E-state index in [0.29, 0.717) is 42.4 Å². The molecule has 2 aliphatic rings. The molecule has 260 valence electrons. The molecular formula is C39H46N8O3. The number of nitrogens with zero attached hydrogens (tertiary/aromatic N) is 5. The molecule has 2 fully saturated rings. The van der Waals surface area contributed by atoms with Crippen LogP contribution >= 0.6 is 0 Å². The first-order valence-corrected chi connectivity index (χ1v) is 17.8. The van der Waals surface area contributed by atoms with Crippen LogP contribution in [0.5, 0.6) is 0 Å². The monoisotopic (exact) mass is 674 g/mol. The zero-order valence-electron chi connectivity index (χ0n) is 28.2. The Balaban J connectivity index is 1.15. The second-order valence-corrected chi connectivity index (χ2v) is 13.4. The van der Waals surface area contributed by atoms with Gasteiger partial charge in [0.2, 0.25) is 11.9 Å². The minimum atomic E-state index is -1.14. The van der Waals surface area contributed by atoms with Crippen LogP contribution in [-0.4, -0.2) is 91.5 Å². The molecule has 5 N–H and O–H groups in total. The lowest BCUT2D eigenvalue weighted by Crippen LogP contribution is -2.43. The van der Waals surface area contributed by atoms with Gasteiger partial charge in [0.15, 0.2) is 17.0 Å². The Hall–Kier alpha value is -4.84. The summed E-state index contributed by atoms with van der Waals surface area (Å²) in [5.74, 6) is 0.915. The average molecular weight is 675 g/mol. The predicted molar refractivity (Wildman–Crippen MR) is 195 cm³/mol. The van der Waals surface area contributed by atoms with Gasteiger partial charge in [0.1, 0.15) is 12.2 Å². The third-order valence-corrected chi connectivity index (χ3v) is 10.0. The van der Waals surface area contributed by atoms with Crippen LogP contribution in [0, 0.1) is 0 Å². The number of anilines is 2. The average Bonchev–Trinajstić information content (AvgIpc) is 3.69. The van der Waals surface area contributed by atoms with Crippen molar-refractivity contribution in [2.75, 3.05) is 43.4 Å². The highest BCUT2D eigenvalue weighted by Gasteiger charge is 2.44. The summed E-state index contributed by atoms with van der Waals surface area (Å²) in [4.78, 5) is 29.9. The zero-order valence-corrected chi connectivity index (χ0v) is 28.2. The van der Waals surface area contributed by atoms with Gasteiger partial charge in [-0.25, -0.2) is 4.98 Å². The van der Waals surface area contributed by atoms with E-state index in [4.69, 9.17) is 15.0 Å². The molecule has 1 amide bonds. The molecule has 1 unspecified atom stereocenters. The lowest BCUT2D eigenvalue weighted by Gasteiger charge is -2.26. The van der Waals surface area contributed by atoms with E-state index < -0.39 is 24.3 Å². The van der Waals surface area contributed by atoms with Crippen LogP contribution in [0.3, 0.4) is 0 Å². The molecule has 1 saturated carbocycles. The molecule has 11 nitrogen and oxygen atoms in total. The van der Waals surface area contributed by atoms with E-state index in [2.05, 4.69) is 69.4 Å². The highest BCUT2D eigenvalue weighted by Crippen LogP contribution is 2.35. The molecule has 0 radical (unpaired) electrons. The molecule has 11 heteroatoms. The molecule has 5 aromatic rings. The van der Waals surface area contributed by atoms with Gasteiger partial charge in [-0.2, -0.15) is 9.97 Å². The van der Waals surface area contributed by atoms with Gasteiger partial charge in [0, 0.05) is 25.6 Å². The molecule has 3 heterocycles. The first kappa shape index (κ1) is 33.6. The van der Waals surface area contributed by atoms with Crippen molar-refractivity contribution in [1.82, 2.24) is 29.7 Å². The molecule has 0 spiro atoms. The topological polar surface area (TPSA) is 140 Å². The SMILES string of the molecule is O=C(Cc1ccccc1)N[C@H]1CC(n2cnc3c(NCC(c4ccccc4)c4ccccc4)nc(NCCN4CCCCC4)nc32)[C@H](O)[C@@H]1O. The molecule has 1 aliphatic heterocycles. The maximum atomic E-state index is 12.9. The van der Waals surface area contributed by atoms with Crippen LogP contribution < -0.4 is 16.0 Å². The summed E-state index contributed by atoms with van der Waals surface area (Å²) >= 11 is 0. The van der Waals surface area contributed by atoms with Crippen molar-refractivity contribution in [2.45, 2.75) is 62.3 Å². The molecular weight excluding hydrogens is 628 g/mol. The molecule has 2 aromatic heterocycles. The number of likely N-dealkylation sites (tertiary alicyclic amines) is 1. The largest absolute Gasteiger partial charge is 0.388 e. The molecule has 0 bridgehead atoms. The summed E-state index contributed by atoms with van der Waals surface area (Å²) in [6.45, 7) is 4.36. The first-order valence-electron chi connectivity index (χ1n) is 17.8. The number of carbonyl (C=O) groups excluding carboxylic acids is 1. The van der Waals surface area contributed by atoms with Crippen LogP contribution in [0.1, 0.15) is 54.3 Å². The third-order valence-electron chi connectivity index (χ3n) is 10.0. The first-order chi connectivity index (χ1) is 24.5. The van der Waals surface area contributed by atoms with Crippen molar-refractivity contribution in [2.24, 2.45) is 0 Å². The molecule has 50 heavy (non-hydrogen) atoms. The van der Waals surface area contributed by atoms with Crippen molar-refractivity contribution < 1.29 is 15.0 Å². The Kier molecular flexibility index (Phi) is 10.6. The lowest BCUT2D eigenvalue weighted by atomic mass is 9.91. The fourth-order valence-electron chi connectivity index (χ4n) is 7.33. The Morgan fingerprint density at radius 3 is 2.16 bits per heavy atom. The van der Waals surface area contributed by atoms with Crippen LogP contribution in [0.25, 0.3) is 11.2 Å². The number of aliphatic hydroxyl groups is 2. The number of benzene rings is 3. The Labute approximate surface area is 292 Å². The van der Waals surface area contributed by atoms with E-state index in [-0.39, 0.29) is 18.2 Å². The van der Waals surface area contributed by atoms with Crippen LogP contribution in [0.2, 0.25) is 0 Å². The van der Waals surface area contributed by atoms with Crippen LogP contribution in [-0.2, 0) is 11.2 Å². The van der Waals surface area contributed by atoms with Gasteiger partial charge in [-0.15, -0.1) is 0 Å². The van der Waals surface area contributed by atoms with E-state index in [9.17, 15) is 15.0 Å². The van der Waals surface area contributed by atoms with E-state index >= 15 is 0 Å². The summed E-state index contributed by atoms with van der Waals surface area (Å²) < 4.78 is 1.82. The number of nitrogens with one attached hydrogen (secondary N) is 3. The number of carbonyl (C=O) groups is 1. The molecule has 4 atom stereocenters. The summed E-state index contributed by atoms with van der Waals surface area (Å²) in [5.41, 5.74) is 4.38. The van der Waals surface area contributed by atoms with Gasteiger partial charge in [0.05, 0.1) is 24.8 Å². The zero-order chi connectivity index (χ0) is 34.3. The maximum absolute atomic E-state index is 12.9. The highest BCUT2D eigenvalue weighted by atomic mass is 16.3. The number of rotatable bonds is 13. The smallest absolute Gasteiger partial charge is 0.226 e. The number of hydrogen-bond donors (Lipinski definition) is 5. The Bertz CT molecular complexity index is 1790. The molecule has 3 aromatic carbocycles. The van der Waals surface area contributed by atoms with Gasteiger partial charge in [-0.1, -0.05) is 97.4 Å². The molecule has 1 saturated heterocycles. The second kappa shape index (κ2) is 15.8. The van der Waals surface area contributed by atoms with Crippen molar-refractivity contribution in [3.8, 4) is 0 Å². The minimum Gasteiger partial charge on any atom is -0.388 e. The van der Waals surface area contributed by atoms with Gasteiger partial charge < -0.3 is 35.6 Å². The minimum absolute atomic E-state index is 0.0621. The Morgan fingerprint density at radius 2 is 1.48 bits per heavy atom. The van der Waals surface area contributed by atoms with Crippen molar-refractivity contribution in [3.05, 3.63) is 114 Å². The normalized spacial score (nSPS) is 21.0. The number of fused-ring (bicyclic) bond motifs is 1. The number of hydrogen-bond acceptors (Lipinski definition) is 9. The van der Waals surface area contributed by atoms with Gasteiger partial charge in [-0.3, -0.25) is 4.79 Å². The molecule has 7 rings (SSSR count). The van der Waals surface area contributed by atoms with Crippen LogP contribution in [0.4, 0.5) is 11.8 Å². The quantitative estimate of drug-likeness (QED) is 0.123. The van der Waals surface area contributed by atoms with E-state index in [1.165, 1.54) is 30.4 Å². The lowest BCUT2D eigenvalue weighted by molar-refractivity contribution is -0.122. The van der Waals surface area contributed by atoms with Gasteiger partial charge in [-0.05, 0) is 49.0 Å². The number of amides is 1. The number of piperidine rings is 1. The van der Waals surface area contributed by atoms with E-state index in [0.717, 1.165) is 25.2 Å². The standard InChI is InChI=1S/C39H46N8O3/c48-33(23-27-13-5-1-6-14-27)43-31-24-32(36(50)35(31)49)47-26-42-34-37(44-39(45-38(34)47)40-19-22-46-20-11-4-12-21-46)41-25-30(28-15-7-2-8-16-28)29-17-9-3-10-18-29/h1-3,5-10,13-18,26,30-32,35-36,49-50H,4,11-12,19-25H2,(H,43,48)(H2,40,41,44,45)/t31-,32?,35+,36-/m0/s1. The number of aliphatic hydroxyl groups excluding tert-OH is 2. The summed E-state index contributed by atoms with van der Waals surface area (Å²) in [6, 6.07) is 29.1. The summed E-state index contributed by atoms with van der Waals surface area (Å²) in [6.07, 6.45) is 3.64. The Morgan fingerprint density at radius 1 is 0.820 bits per heavy atom. The summed E-state index contributed by atoms with van der Waals surface area (Å²) in [5, 5.41) is 32.3. The predicted octanol–water partition coefficient (Wildman–Crippen LogP) is 4.36. The van der Waals surface area contributed by atoms with Crippen molar-refractivity contribution in [1.29, 1.82) is 0 Å². The van der Waals surface area contributed by atoms with Crippen molar-refractivity contribution >= 4 is 28.8 Å². The van der Waals surface area contributed by atoms with E-state index in [1.807, 2.05) is 47.0 Å². The van der Waals surface area contributed by atoms with Gasteiger partial charge in [0.25, 0.3) is 0 Å². The highest BCUT2D eigenvalue weighted by molar-refractivity contribution is 5.84. The van der Waals surface area contributed by atoms with Crippen LogP contribution in [0.15, 0.2) is 97.3 Å².